The normalized spacial score (nSPS) is 17.5. The van der Waals surface area contributed by atoms with Crippen molar-refractivity contribution in [3.63, 3.8) is 0 Å². The number of rotatable bonds is 19. The van der Waals surface area contributed by atoms with E-state index < -0.39 is 0 Å². The first kappa shape index (κ1) is 29.5. The van der Waals surface area contributed by atoms with Crippen LogP contribution < -0.4 is 4.74 Å². The molecular formula is C34H50O3. The summed E-state index contributed by atoms with van der Waals surface area (Å²) < 4.78 is 18.1. The van der Waals surface area contributed by atoms with Gasteiger partial charge in [-0.05, 0) is 48.9 Å². The molecule has 0 saturated carbocycles. The minimum Gasteiger partial charge on any atom is -0.494 e. The lowest BCUT2D eigenvalue weighted by Gasteiger charge is -2.29. The van der Waals surface area contributed by atoms with Crippen molar-refractivity contribution in [1.82, 2.24) is 0 Å². The van der Waals surface area contributed by atoms with Gasteiger partial charge in [-0.15, -0.1) is 6.58 Å². The van der Waals surface area contributed by atoms with Crippen LogP contribution in [0.25, 0.3) is 11.1 Å². The van der Waals surface area contributed by atoms with E-state index in [1.54, 1.807) is 0 Å². The van der Waals surface area contributed by atoms with Gasteiger partial charge in [0.25, 0.3) is 0 Å². The molecule has 1 aliphatic heterocycles. The topological polar surface area (TPSA) is 27.7 Å². The Labute approximate surface area is 226 Å². The molecule has 1 heterocycles. The van der Waals surface area contributed by atoms with Crippen LogP contribution >= 0.6 is 0 Å². The summed E-state index contributed by atoms with van der Waals surface area (Å²) in [5.74, 6) is 1.49. The van der Waals surface area contributed by atoms with E-state index in [9.17, 15) is 0 Å². The van der Waals surface area contributed by atoms with Gasteiger partial charge in [0.15, 0.2) is 6.29 Å². The van der Waals surface area contributed by atoms with Crippen molar-refractivity contribution in [2.75, 3.05) is 19.8 Å². The summed E-state index contributed by atoms with van der Waals surface area (Å²) in [4.78, 5) is 0. The lowest BCUT2D eigenvalue weighted by molar-refractivity contribution is -0.206. The van der Waals surface area contributed by atoms with Crippen molar-refractivity contribution in [3.8, 4) is 16.9 Å². The molecule has 0 spiro atoms. The quantitative estimate of drug-likeness (QED) is 0.140. The van der Waals surface area contributed by atoms with E-state index in [4.69, 9.17) is 14.2 Å². The Balaban J connectivity index is 1.32. The maximum atomic E-state index is 6.08. The van der Waals surface area contributed by atoms with Crippen LogP contribution in [0.4, 0.5) is 0 Å². The second-order valence-corrected chi connectivity index (χ2v) is 10.6. The van der Waals surface area contributed by atoms with Crippen LogP contribution in [0.3, 0.4) is 0 Å². The molecule has 37 heavy (non-hydrogen) atoms. The SMILES string of the molecule is C=CCCCCCCCCOc1ccc(-c2ccc([C@H]3OC[C@H](CCCCCCCC)CO3)cc2)cc1. The van der Waals surface area contributed by atoms with Gasteiger partial charge in [0, 0.05) is 11.5 Å². The van der Waals surface area contributed by atoms with Crippen LogP contribution in [-0.2, 0) is 9.47 Å². The fourth-order valence-corrected chi connectivity index (χ4v) is 4.98. The summed E-state index contributed by atoms with van der Waals surface area (Å²) in [6, 6.07) is 17.0. The van der Waals surface area contributed by atoms with E-state index in [2.05, 4.69) is 62.0 Å². The minimum absolute atomic E-state index is 0.238. The Kier molecular flexibility index (Phi) is 14.5. The molecule has 0 amide bonds. The fourth-order valence-electron chi connectivity index (χ4n) is 4.98. The van der Waals surface area contributed by atoms with Gasteiger partial charge in [-0.3, -0.25) is 0 Å². The van der Waals surface area contributed by atoms with Crippen molar-refractivity contribution >= 4 is 0 Å². The van der Waals surface area contributed by atoms with Crippen molar-refractivity contribution in [3.05, 3.63) is 66.7 Å². The molecule has 0 atom stereocenters. The van der Waals surface area contributed by atoms with Gasteiger partial charge in [0.05, 0.1) is 19.8 Å². The lowest BCUT2D eigenvalue weighted by atomic mass is 10.0. The molecule has 0 aromatic heterocycles. The Hall–Kier alpha value is -2.10. The maximum absolute atomic E-state index is 6.08. The third-order valence-electron chi connectivity index (χ3n) is 7.37. The van der Waals surface area contributed by atoms with Crippen LogP contribution in [-0.4, -0.2) is 19.8 Å². The van der Waals surface area contributed by atoms with E-state index in [0.29, 0.717) is 5.92 Å². The third-order valence-corrected chi connectivity index (χ3v) is 7.37. The minimum atomic E-state index is -0.238. The Morgan fingerprint density at radius 2 is 1.30 bits per heavy atom. The Morgan fingerprint density at radius 1 is 0.730 bits per heavy atom. The third kappa shape index (κ3) is 11.4. The van der Waals surface area contributed by atoms with Crippen LogP contribution in [0, 0.1) is 5.92 Å². The number of benzene rings is 2. The first-order chi connectivity index (χ1) is 18.3. The van der Waals surface area contributed by atoms with E-state index in [0.717, 1.165) is 44.0 Å². The predicted molar refractivity (Wildman–Crippen MR) is 156 cm³/mol. The first-order valence-corrected chi connectivity index (χ1v) is 15.0. The smallest absolute Gasteiger partial charge is 0.183 e. The predicted octanol–water partition coefficient (Wildman–Crippen LogP) is 10.1. The number of unbranched alkanes of at least 4 members (excludes halogenated alkanes) is 11. The highest BCUT2D eigenvalue weighted by Crippen LogP contribution is 2.30. The summed E-state index contributed by atoms with van der Waals surface area (Å²) in [6.07, 6.45) is 19.8. The lowest BCUT2D eigenvalue weighted by Crippen LogP contribution is -2.27. The van der Waals surface area contributed by atoms with E-state index in [-0.39, 0.29) is 6.29 Å². The summed E-state index contributed by atoms with van der Waals surface area (Å²) in [5, 5.41) is 0. The van der Waals surface area contributed by atoms with Gasteiger partial charge < -0.3 is 14.2 Å². The number of hydrogen-bond acceptors (Lipinski definition) is 3. The molecule has 0 N–H and O–H groups in total. The van der Waals surface area contributed by atoms with Crippen molar-refractivity contribution in [2.45, 2.75) is 103 Å². The number of ether oxygens (including phenoxy) is 3. The van der Waals surface area contributed by atoms with Gasteiger partial charge >= 0.3 is 0 Å². The van der Waals surface area contributed by atoms with Crippen molar-refractivity contribution < 1.29 is 14.2 Å². The summed E-state index contributed by atoms with van der Waals surface area (Å²) in [6.45, 7) is 8.45. The Morgan fingerprint density at radius 3 is 1.95 bits per heavy atom. The van der Waals surface area contributed by atoms with Gasteiger partial charge in [0.1, 0.15) is 5.75 Å². The first-order valence-electron chi connectivity index (χ1n) is 15.0. The average molecular weight is 507 g/mol. The zero-order valence-electron chi connectivity index (χ0n) is 23.3. The second-order valence-electron chi connectivity index (χ2n) is 10.6. The van der Waals surface area contributed by atoms with Crippen LogP contribution in [0.2, 0.25) is 0 Å². The summed E-state index contributed by atoms with van der Waals surface area (Å²) in [5.41, 5.74) is 3.49. The summed E-state index contributed by atoms with van der Waals surface area (Å²) >= 11 is 0. The highest BCUT2D eigenvalue weighted by molar-refractivity contribution is 5.64. The molecule has 204 valence electrons. The second kappa shape index (κ2) is 18.2. The number of hydrogen-bond donors (Lipinski definition) is 0. The van der Waals surface area contributed by atoms with Gasteiger partial charge in [-0.1, -0.05) is 114 Å². The van der Waals surface area contributed by atoms with Crippen LogP contribution in [0.1, 0.15) is 109 Å². The van der Waals surface area contributed by atoms with Crippen molar-refractivity contribution in [1.29, 1.82) is 0 Å². The molecule has 1 fully saturated rings. The zero-order chi connectivity index (χ0) is 26.0. The molecular weight excluding hydrogens is 456 g/mol. The highest BCUT2D eigenvalue weighted by atomic mass is 16.7. The van der Waals surface area contributed by atoms with Gasteiger partial charge in [-0.2, -0.15) is 0 Å². The molecule has 0 bridgehead atoms. The molecule has 1 saturated heterocycles. The van der Waals surface area contributed by atoms with E-state index >= 15 is 0 Å². The molecule has 0 radical (unpaired) electrons. The monoisotopic (exact) mass is 506 g/mol. The van der Waals surface area contributed by atoms with Crippen LogP contribution in [0.5, 0.6) is 5.75 Å². The molecule has 3 heteroatoms. The molecule has 1 aliphatic rings. The molecule has 0 unspecified atom stereocenters. The standard InChI is InChI=1S/C34H50O3/c1-3-5-7-9-11-12-14-16-26-35-33-24-22-31(23-25-33)30-18-20-32(21-19-30)34-36-27-29(28-37-34)17-15-13-10-8-6-4-2/h3,18-25,29,34H,1,4-17,26-28H2,2H3/t29-,34-. The van der Waals surface area contributed by atoms with Gasteiger partial charge in [0.2, 0.25) is 0 Å². The molecule has 3 nitrogen and oxygen atoms in total. The van der Waals surface area contributed by atoms with E-state index in [1.165, 1.54) is 88.2 Å². The van der Waals surface area contributed by atoms with Crippen molar-refractivity contribution in [2.24, 2.45) is 5.92 Å². The fraction of sp³-hybridized carbons (Fsp3) is 0.588. The molecule has 0 aliphatic carbocycles. The molecule has 3 rings (SSSR count). The Bertz CT molecular complexity index is 834. The average Bonchev–Trinajstić information content (AvgIpc) is 2.95. The highest BCUT2D eigenvalue weighted by Gasteiger charge is 2.23. The zero-order valence-corrected chi connectivity index (χ0v) is 23.3. The molecule has 2 aromatic carbocycles. The summed E-state index contributed by atoms with van der Waals surface area (Å²) in [7, 11) is 0. The maximum Gasteiger partial charge on any atom is 0.183 e. The largest absolute Gasteiger partial charge is 0.494 e. The van der Waals surface area contributed by atoms with Crippen LogP contribution in [0.15, 0.2) is 61.2 Å². The van der Waals surface area contributed by atoms with E-state index in [1.807, 2.05) is 6.08 Å². The molecule has 2 aromatic rings. The van der Waals surface area contributed by atoms with Gasteiger partial charge in [-0.25, -0.2) is 0 Å². The number of allylic oxidation sites excluding steroid dienone is 1.